The summed E-state index contributed by atoms with van der Waals surface area (Å²) in [5, 5.41) is 0.796. The van der Waals surface area contributed by atoms with E-state index >= 15 is 0 Å². The Kier molecular flexibility index (Phi) is 5.10. The van der Waals surface area contributed by atoms with Gasteiger partial charge in [0.2, 0.25) is 5.78 Å². The third-order valence-corrected chi connectivity index (χ3v) is 3.46. The van der Waals surface area contributed by atoms with Crippen LogP contribution in [0.3, 0.4) is 0 Å². The fourth-order valence-electron chi connectivity index (χ4n) is 1.83. The lowest BCUT2D eigenvalue weighted by Gasteiger charge is -2.11. The van der Waals surface area contributed by atoms with Gasteiger partial charge in [0.25, 0.3) is 0 Å². The minimum Gasteiger partial charge on any atom is -0.493 e. The van der Waals surface area contributed by atoms with Crippen molar-refractivity contribution in [3.8, 4) is 11.5 Å². The summed E-state index contributed by atoms with van der Waals surface area (Å²) >= 11 is 11.8. The van der Waals surface area contributed by atoms with Gasteiger partial charge >= 0.3 is 0 Å². The lowest BCUT2D eigenvalue weighted by Crippen LogP contribution is -2.12. The quantitative estimate of drug-likeness (QED) is 0.755. The molecule has 0 spiro atoms. The van der Waals surface area contributed by atoms with Gasteiger partial charge in [-0.1, -0.05) is 29.3 Å². The first-order chi connectivity index (χ1) is 10.0. The van der Waals surface area contributed by atoms with Crippen LogP contribution in [0.5, 0.6) is 11.5 Å². The molecule has 0 unspecified atom stereocenters. The Morgan fingerprint density at radius 2 is 1.86 bits per heavy atom. The summed E-state index contributed by atoms with van der Waals surface area (Å²) in [6.07, 6.45) is 0. The fourth-order valence-corrected chi connectivity index (χ4v) is 2.34. The SMILES string of the molecule is COc1cc(C)ccc1OCC(=O)c1ccc(Cl)cc1Cl. The molecule has 21 heavy (non-hydrogen) atoms. The number of Topliss-reactive ketones (excluding diaryl/α,β-unsaturated/α-hetero) is 1. The molecule has 110 valence electrons. The number of aryl methyl sites for hydroxylation is 1. The van der Waals surface area contributed by atoms with Crippen molar-refractivity contribution in [3.05, 3.63) is 57.6 Å². The number of ether oxygens (including phenoxy) is 2. The number of ketones is 1. The molecule has 0 atom stereocenters. The van der Waals surface area contributed by atoms with E-state index in [1.165, 1.54) is 6.07 Å². The number of rotatable bonds is 5. The van der Waals surface area contributed by atoms with E-state index in [1.807, 2.05) is 19.1 Å². The van der Waals surface area contributed by atoms with Gasteiger partial charge in [0.1, 0.15) is 0 Å². The number of carbonyl (C=O) groups excluding carboxylic acids is 1. The summed E-state index contributed by atoms with van der Waals surface area (Å²) in [5.74, 6) is 0.880. The molecule has 0 fully saturated rings. The maximum atomic E-state index is 12.1. The molecule has 5 heteroatoms. The van der Waals surface area contributed by atoms with E-state index in [2.05, 4.69) is 0 Å². The van der Waals surface area contributed by atoms with Crippen LogP contribution in [-0.4, -0.2) is 19.5 Å². The molecular formula is C16H14Cl2O3. The Morgan fingerprint density at radius 1 is 1.10 bits per heavy atom. The Morgan fingerprint density at radius 3 is 2.52 bits per heavy atom. The molecule has 2 aromatic rings. The molecule has 0 bridgehead atoms. The van der Waals surface area contributed by atoms with Crippen LogP contribution in [0.4, 0.5) is 0 Å². The van der Waals surface area contributed by atoms with E-state index in [4.69, 9.17) is 32.7 Å². The van der Waals surface area contributed by atoms with E-state index in [0.717, 1.165) is 5.56 Å². The molecule has 3 nitrogen and oxygen atoms in total. The van der Waals surface area contributed by atoms with Crippen LogP contribution in [0.25, 0.3) is 0 Å². The number of halogens is 2. The highest BCUT2D eigenvalue weighted by atomic mass is 35.5. The molecule has 0 aliphatic carbocycles. The van der Waals surface area contributed by atoms with Crippen LogP contribution >= 0.6 is 23.2 Å². The first kappa shape index (κ1) is 15.7. The molecule has 0 aromatic heterocycles. The van der Waals surface area contributed by atoms with E-state index in [-0.39, 0.29) is 12.4 Å². The van der Waals surface area contributed by atoms with Crippen molar-refractivity contribution < 1.29 is 14.3 Å². The summed E-state index contributed by atoms with van der Waals surface area (Å²) in [6, 6.07) is 10.2. The van der Waals surface area contributed by atoms with Crippen molar-refractivity contribution in [3.63, 3.8) is 0 Å². The van der Waals surface area contributed by atoms with Gasteiger partial charge in [0.05, 0.1) is 12.1 Å². The highest BCUT2D eigenvalue weighted by molar-refractivity contribution is 6.36. The third kappa shape index (κ3) is 3.90. The number of carbonyl (C=O) groups is 1. The topological polar surface area (TPSA) is 35.5 Å². The second-order valence-corrected chi connectivity index (χ2v) is 5.33. The van der Waals surface area contributed by atoms with Crippen LogP contribution < -0.4 is 9.47 Å². The average molecular weight is 325 g/mol. The summed E-state index contributed by atoms with van der Waals surface area (Å²) in [5.41, 5.74) is 1.43. The molecule has 0 aliphatic rings. The lowest BCUT2D eigenvalue weighted by molar-refractivity contribution is 0.0919. The predicted octanol–water partition coefficient (Wildman–Crippen LogP) is 4.57. The normalized spacial score (nSPS) is 10.3. The summed E-state index contributed by atoms with van der Waals surface area (Å²) in [7, 11) is 1.56. The first-order valence-corrected chi connectivity index (χ1v) is 7.02. The van der Waals surface area contributed by atoms with Crippen LogP contribution in [0, 0.1) is 6.92 Å². The van der Waals surface area contributed by atoms with Gasteiger partial charge in [-0.3, -0.25) is 4.79 Å². The van der Waals surface area contributed by atoms with Gasteiger partial charge in [0, 0.05) is 10.6 Å². The molecule has 0 heterocycles. The standard InChI is InChI=1S/C16H14Cl2O3/c1-10-3-6-15(16(7-10)20-2)21-9-14(19)12-5-4-11(17)8-13(12)18/h3-8H,9H2,1-2H3. The van der Waals surface area contributed by atoms with Crippen LogP contribution in [0.2, 0.25) is 10.0 Å². The maximum absolute atomic E-state index is 12.1. The van der Waals surface area contributed by atoms with Gasteiger partial charge in [-0.25, -0.2) is 0 Å². The first-order valence-electron chi connectivity index (χ1n) is 6.27. The second-order valence-electron chi connectivity index (χ2n) is 4.49. The van der Waals surface area contributed by atoms with Gasteiger partial charge in [-0.2, -0.15) is 0 Å². The second kappa shape index (κ2) is 6.83. The molecule has 0 saturated carbocycles. The summed E-state index contributed by atoms with van der Waals surface area (Å²) < 4.78 is 10.7. The molecule has 0 saturated heterocycles. The summed E-state index contributed by atoms with van der Waals surface area (Å²) in [6.45, 7) is 1.83. The zero-order chi connectivity index (χ0) is 15.4. The molecule has 0 aliphatic heterocycles. The van der Waals surface area contributed by atoms with E-state index in [9.17, 15) is 4.79 Å². The van der Waals surface area contributed by atoms with Crippen molar-refractivity contribution in [2.45, 2.75) is 6.92 Å². The predicted molar refractivity (Wildman–Crippen MR) is 84.0 cm³/mol. The number of benzene rings is 2. The molecular weight excluding hydrogens is 311 g/mol. The number of hydrogen-bond donors (Lipinski definition) is 0. The molecule has 0 N–H and O–H groups in total. The lowest BCUT2D eigenvalue weighted by atomic mass is 10.1. The highest BCUT2D eigenvalue weighted by Crippen LogP contribution is 2.28. The van der Waals surface area contributed by atoms with Crippen molar-refractivity contribution in [2.24, 2.45) is 0 Å². The molecule has 0 radical (unpaired) electrons. The average Bonchev–Trinajstić information content (AvgIpc) is 2.45. The van der Waals surface area contributed by atoms with Crippen LogP contribution in [-0.2, 0) is 0 Å². The zero-order valence-electron chi connectivity index (χ0n) is 11.7. The Bertz CT molecular complexity index is 669. The molecule has 2 aromatic carbocycles. The van der Waals surface area contributed by atoms with Crippen molar-refractivity contribution in [1.29, 1.82) is 0 Å². The minimum atomic E-state index is -0.223. The van der Waals surface area contributed by atoms with Gasteiger partial charge in [0.15, 0.2) is 18.1 Å². The minimum absolute atomic E-state index is 0.124. The van der Waals surface area contributed by atoms with E-state index in [1.54, 1.807) is 25.3 Å². The van der Waals surface area contributed by atoms with Crippen LogP contribution in [0.1, 0.15) is 15.9 Å². The van der Waals surface area contributed by atoms with E-state index in [0.29, 0.717) is 27.1 Å². The smallest absolute Gasteiger partial charge is 0.201 e. The molecule has 0 amide bonds. The maximum Gasteiger partial charge on any atom is 0.201 e. The zero-order valence-corrected chi connectivity index (χ0v) is 13.2. The summed E-state index contributed by atoms with van der Waals surface area (Å²) in [4.78, 5) is 12.1. The van der Waals surface area contributed by atoms with Gasteiger partial charge < -0.3 is 9.47 Å². The largest absolute Gasteiger partial charge is 0.493 e. The van der Waals surface area contributed by atoms with Crippen LogP contribution in [0.15, 0.2) is 36.4 Å². The van der Waals surface area contributed by atoms with Crippen molar-refractivity contribution in [1.82, 2.24) is 0 Å². The third-order valence-electron chi connectivity index (χ3n) is 2.91. The Hall–Kier alpha value is -1.71. The van der Waals surface area contributed by atoms with Crippen molar-refractivity contribution in [2.75, 3.05) is 13.7 Å². The van der Waals surface area contributed by atoms with Crippen molar-refractivity contribution >= 4 is 29.0 Å². The van der Waals surface area contributed by atoms with E-state index < -0.39 is 0 Å². The van der Waals surface area contributed by atoms with Gasteiger partial charge in [-0.05, 0) is 42.8 Å². The number of hydrogen-bond acceptors (Lipinski definition) is 3. The Labute approximate surface area is 133 Å². The molecule has 2 rings (SSSR count). The van der Waals surface area contributed by atoms with Gasteiger partial charge in [-0.15, -0.1) is 0 Å². The fraction of sp³-hybridized carbons (Fsp3) is 0.188. The monoisotopic (exact) mass is 324 g/mol. The number of methoxy groups -OCH3 is 1. The highest BCUT2D eigenvalue weighted by Gasteiger charge is 2.13. The Balaban J connectivity index is 2.11.